The molecule has 1 aromatic carbocycles. The Morgan fingerprint density at radius 1 is 1.15 bits per heavy atom. The molecule has 1 fully saturated rings. The highest BCUT2D eigenvalue weighted by Crippen LogP contribution is 2.28. The summed E-state index contributed by atoms with van der Waals surface area (Å²) in [7, 11) is 0. The molecule has 5 rings (SSSR count). The van der Waals surface area contributed by atoms with Crippen LogP contribution in [0.4, 0.5) is 0 Å². The van der Waals surface area contributed by atoms with E-state index in [1.807, 2.05) is 29.2 Å². The smallest absolute Gasteiger partial charge is 0.253 e. The summed E-state index contributed by atoms with van der Waals surface area (Å²) in [6.07, 6.45) is 3.76. The summed E-state index contributed by atoms with van der Waals surface area (Å²) in [6, 6.07) is 9.49. The van der Waals surface area contributed by atoms with Gasteiger partial charge in [-0.3, -0.25) is 9.89 Å². The molecule has 0 bridgehead atoms. The van der Waals surface area contributed by atoms with Crippen LogP contribution in [-0.2, 0) is 0 Å². The maximum absolute atomic E-state index is 12.9. The van der Waals surface area contributed by atoms with E-state index in [4.69, 9.17) is 0 Å². The van der Waals surface area contributed by atoms with Crippen LogP contribution < -0.4 is 0 Å². The number of aromatic nitrogens is 6. The molecule has 0 spiro atoms. The Morgan fingerprint density at radius 2 is 2.08 bits per heavy atom. The molecule has 3 aromatic heterocycles. The number of carbonyl (C=O) groups excluding carboxylic acids is 1. The molecule has 1 amide bonds. The molecule has 0 radical (unpaired) electrons. The van der Waals surface area contributed by atoms with Crippen molar-refractivity contribution in [1.82, 2.24) is 35.5 Å². The highest BCUT2D eigenvalue weighted by atomic mass is 16.2. The number of pyridine rings is 1. The number of H-pyrrole nitrogens is 2. The van der Waals surface area contributed by atoms with Crippen molar-refractivity contribution in [2.75, 3.05) is 13.1 Å². The van der Waals surface area contributed by atoms with E-state index in [9.17, 15) is 4.79 Å². The van der Waals surface area contributed by atoms with E-state index in [0.717, 1.165) is 41.6 Å². The van der Waals surface area contributed by atoms with E-state index in [1.54, 1.807) is 12.3 Å². The molecule has 4 aromatic rings. The summed E-state index contributed by atoms with van der Waals surface area (Å²) < 4.78 is 0. The normalized spacial score (nSPS) is 17.8. The molecule has 1 aliphatic rings. The zero-order chi connectivity index (χ0) is 17.5. The van der Waals surface area contributed by atoms with Crippen molar-refractivity contribution >= 4 is 28.0 Å². The van der Waals surface area contributed by atoms with Gasteiger partial charge in [0.05, 0.1) is 6.20 Å². The van der Waals surface area contributed by atoms with E-state index in [-0.39, 0.29) is 11.8 Å². The van der Waals surface area contributed by atoms with Crippen LogP contribution in [0.25, 0.3) is 22.1 Å². The van der Waals surface area contributed by atoms with Crippen LogP contribution in [0.5, 0.6) is 0 Å². The number of likely N-dealkylation sites (tertiary alicyclic amines) is 1. The van der Waals surface area contributed by atoms with E-state index in [2.05, 4.69) is 30.6 Å². The number of hydrogen-bond donors (Lipinski definition) is 2. The van der Waals surface area contributed by atoms with Crippen molar-refractivity contribution in [3.05, 3.63) is 47.8 Å². The van der Waals surface area contributed by atoms with Crippen LogP contribution in [0.3, 0.4) is 0 Å². The average Bonchev–Trinajstić information content (AvgIpc) is 3.35. The largest absolute Gasteiger partial charge is 0.338 e. The molecule has 1 saturated heterocycles. The number of hydrogen-bond acceptors (Lipinski definition) is 5. The van der Waals surface area contributed by atoms with Crippen molar-refractivity contribution in [2.45, 2.75) is 18.8 Å². The molecule has 4 heterocycles. The van der Waals surface area contributed by atoms with Crippen LogP contribution in [0.2, 0.25) is 0 Å². The van der Waals surface area contributed by atoms with E-state index < -0.39 is 0 Å². The van der Waals surface area contributed by atoms with E-state index in [0.29, 0.717) is 17.6 Å². The Bertz CT molecular complexity index is 1100. The molecule has 1 aliphatic heterocycles. The average molecular weight is 347 g/mol. The van der Waals surface area contributed by atoms with Crippen LogP contribution in [-0.4, -0.2) is 54.5 Å². The molecule has 2 N–H and O–H groups in total. The molecular formula is C18H17N7O. The third-order valence-corrected chi connectivity index (χ3v) is 5.01. The lowest BCUT2D eigenvalue weighted by Gasteiger charge is -2.32. The number of rotatable bonds is 2. The Balaban J connectivity index is 1.39. The van der Waals surface area contributed by atoms with Crippen molar-refractivity contribution in [2.24, 2.45) is 0 Å². The molecule has 1 atom stereocenters. The monoisotopic (exact) mass is 347 g/mol. The summed E-state index contributed by atoms with van der Waals surface area (Å²) in [5.41, 5.74) is 3.91. The van der Waals surface area contributed by atoms with Gasteiger partial charge in [-0.15, -0.1) is 0 Å². The first kappa shape index (κ1) is 15.0. The summed E-state index contributed by atoms with van der Waals surface area (Å²) in [5.74, 6) is 0.262. The van der Waals surface area contributed by atoms with Gasteiger partial charge >= 0.3 is 0 Å². The first-order valence-corrected chi connectivity index (χ1v) is 8.68. The van der Waals surface area contributed by atoms with Gasteiger partial charge in [-0.25, -0.2) is 4.98 Å². The highest BCUT2D eigenvalue weighted by Gasteiger charge is 2.26. The van der Waals surface area contributed by atoms with Gasteiger partial charge in [0.15, 0.2) is 5.65 Å². The predicted molar refractivity (Wildman–Crippen MR) is 95.7 cm³/mol. The molecule has 8 nitrogen and oxygen atoms in total. The number of piperidine rings is 1. The van der Waals surface area contributed by atoms with Gasteiger partial charge in [-0.05, 0) is 43.2 Å². The minimum absolute atomic E-state index is 0.0298. The maximum atomic E-state index is 12.9. The number of carbonyl (C=O) groups is 1. The Kier molecular flexibility index (Phi) is 3.41. The number of nitrogens with one attached hydrogen (secondary N) is 2. The minimum atomic E-state index is 0.0298. The lowest BCUT2D eigenvalue weighted by Crippen LogP contribution is -2.39. The summed E-state index contributed by atoms with van der Waals surface area (Å²) in [4.78, 5) is 19.5. The Labute approximate surface area is 148 Å². The number of aromatic amines is 2. The molecule has 130 valence electrons. The van der Waals surface area contributed by atoms with Crippen molar-refractivity contribution < 1.29 is 4.79 Å². The second kappa shape index (κ2) is 5.91. The Morgan fingerprint density at radius 3 is 3.04 bits per heavy atom. The van der Waals surface area contributed by atoms with Crippen LogP contribution in [0.1, 0.15) is 34.8 Å². The maximum Gasteiger partial charge on any atom is 0.253 e. The molecule has 0 saturated carbocycles. The van der Waals surface area contributed by atoms with Crippen molar-refractivity contribution in [3.63, 3.8) is 0 Å². The second-order valence-electron chi connectivity index (χ2n) is 6.66. The van der Waals surface area contributed by atoms with Crippen molar-refractivity contribution in [3.8, 4) is 0 Å². The van der Waals surface area contributed by atoms with Gasteiger partial charge in [0, 0.05) is 35.7 Å². The first-order chi connectivity index (χ1) is 12.8. The van der Waals surface area contributed by atoms with Gasteiger partial charge in [0.25, 0.3) is 5.91 Å². The first-order valence-electron chi connectivity index (χ1n) is 8.68. The standard InChI is InChI=1S/C18H17N7O/c26-18(11-3-6-15-16(8-11)22-24-21-15)25-7-1-2-13(10-25)14-5-4-12-9-19-23-17(12)20-14/h3-6,8-9,13H,1-2,7,10H2,(H,19,20,23)(H,21,22,24)/t13-/m0/s1. The van der Waals surface area contributed by atoms with Crippen LogP contribution >= 0.6 is 0 Å². The molecular weight excluding hydrogens is 330 g/mol. The zero-order valence-corrected chi connectivity index (χ0v) is 14.0. The lowest BCUT2D eigenvalue weighted by atomic mass is 9.93. The summed E-state index contributed by atoms with van der Waals surface area (Å²) in [6.45, 7) is 1.43. The van der Waals surface area contributed by atoms with Crippen LogP contribution in [0.15, 0.2) is 36.5 Å². The minimum Gasteiger partial charge on any atom is -0.338 e. The predicted octanol–water partition coefficient (Wildman–Crippen LogP) is 2.25. The summed E-state index contributed by atoms with van der Waals surface area (Å²) >= 11 is 0. The van der Waals surface area contributed by atoms with E-state index in [1.165, 1.54) is 0 Å². The molecule has 8 heteroatoms. The fourth-order valence-corrected chi connectivity index (χ4v) is 3.63. The highest BCUT2D eigenvalue weighted by molar-refractivity contribution is 5.97. The Hall–Kier alpha value is -3.29. The number of fused-ring (bicyclic) bond motifs is 2. The third-order valence-electron chi connectivity index (χ3n) is 5.01. The summed E-state index contributed by atoms with van der Waals surface area (Å²) in [5, 5.41) is 18.6. The number of benzene rings is 1. The van der Waals surface area contributed by atoms with Crippen LogP contribution in [0, 0.1) is 0 Å². The topological polar surface area (TPSA) is 103 Å². The van der Waals surface area contributed by atoms with Gasteiger partial charge in [0.1, 0.15) is 11.0 Å². The quantitative estimate of drug-likeness (QED) is 0.579. The van der Waals surface area contributed by atoms with Gasteiger partial charge in [0.2, 0.25) is 0 Å². The fourth-order valence-electron chi connectivity index (χ4n) is 3.63. The van der Waals surface area contributed by atoms with Gasteiger partial charge in [-0.2, -0.15) is 20.5 Å². The molecule has 0 aliphatic carbocycles. The third kappa shape index (κ3) is 2.50. The molecule has 0 unspecified atom stereocenters. The zero-order valence-electron chi connectivity index (χ0n) is 14.0. The molecule has 26 heavy (non-hydrogen) atoms. The lowest BCUT2D eigenvalue weighted by molar-refractivity contribution is 0.0706. The van der Waals surface area contributed by atoms with Gasteiger partial charge < -0.3 is 4.90 Å². The van der Waals surface area contributed by atoms with E-state index >= 15 is 0 Å². The van der Waals surface area contributed by atoms with Crippen molar-refractivity contribution in [1.29, 1.82) is 0 Å². The van der Waals surface area contributed by atoms with Gasteiger partial charge in [-0.1, -0.05) is 0 Å². The number of nitrogens with zero attached hydrogens (tertiary/aromatic N) is 5. The second-order valence-corrected chi connectivity index (χ2v) is 6.66. The number of amides is 1. The SMILES string of the molecule is O=C(c1ccc2n[nH]nc2c1)N1CCC[C@H](c2ccc3cn[nH]c3n2)C1. The fraction of sp³-hybridized carbons (Fsp3) is 0.278.